The van der Waals surface area contributed by atoms with Crippen molar-refractivity contribution in [2.24, 2.45) is 0 Å². The monoisotopic (exact) mass is 492 g/mol. The predicted octanol–water partition coefficient (Wildman–Crippen LogP) is 3.72. The maximum absolute atomic E-state index is 12.8. The van der Waals surface area contributed by atoms with Crippen molar-refractivity contribution in [3.8, 4) is 11.5 Å². The number of rotatable bonds is 9. The van der Waals surface area contributed by atoms with Gasteiger partial charge in [-0.05, 0) is 62.4 Å². The van der Waals surface area contributed by atoms with E-state index in [2.05, 4.69) is 16.2 Å². The lowest BCUT2D eigenvalue weighted by Crippen LogP contribution is -2.41. The zero-order valence-electron chi connectivity index (χ0n) is 19.6. The number of amides is 3. The van der Waals surface area contributed by atoms with Crippen LogP contribution in [-0.2, 0) is 0 Å². The number of nitro benzene ring substituents is 1. The van der Waals surface area contributed by atoms with Gasteiger partial charge >= 0.3 is 0 Å². The maximum atomic E-state index is 12.8. The highest BCUT2D eigenvalue weighted by molar-refractivity contribution is 6.05. The van der Waals surface area contributed by atoms with Crippen LogP contribution in [0.25, 0.3) is 0 Å². The van der Waals surface area contributed by atoms with Gasteiger partial charge in [-0.15, -0.1) is 0 Å². The van der Waals surface area contributed by atoms with Gasteiger partial charge in [-0.2, -0.15) is 0 Å². The standard InChI is InChI=1S/C25H24N4O7/c1-3-35-21-13-10-18(15-22(21)36-4-2)23(30)26-19-7-5-6-17(14-19)25(32)28-27-24(31)16-8-11-20(12-9-16)29(33)34/h5-15H,3-4H2,1-2H3,(H,26,30)(H,27,31)(H,28,32). The van der Waals surface area contributed by atoms with E-state index in [-0.39, 0.29) is 16.8 Å². The van der Waals surface area contributed by atoms with Crippen molar-refractivity contribution < 1.29 is 28.8 Å². The first-order valence-electron chi connectivity index (χ1n) is 11.0. The quantitative estimate of drug-likeness (QED) is 0.304. The Morgan fingerprint density at radius 3 is 1.97 bits per heavy atom. The normalized spacial score (nSPS) is 10.2. The van der Waals surface area contributed by atoms with E-state index in [4.69, 9.17) is 9.47 Å². The Morgan fingerprint density at radius 1 is 0.750 bits per heavy atom. The fraction of sp³-hybridized carbons (Fsp3) is 0.160. The van der Waals surface area contributed by atoms with E-state index in [1.807, 2.05) is 13.8 Å². The van der Waals surface area contributed by atoms with Gasteiger partial charge in [0, 0.05) is 34.5 Å². The van der Waals surface area contributed by atoms with Crippen molar-refractivity contribution in [3.05, 3.63) is 93.5 Å². The molecule has 0 aliphatic heterocycles. The first kappa shape index (κ1) is 25.7. The Morgan fingerprint density at radius 2 is 1.33 bits per heavy atom. The topological polar surface area (TPSA) is 149 Å². The molecule has 3 rings (SSSR count). The highest BCUT2D eigenvalue weighted by Crippen LogP contribution is 2.29. The fourth-order valence-corrected chi connectivity index (χ4v) is 3.13. The lowest BCUT2D eigenvalue weighted by molar-refractivity contribution is -0.384. The van der Waals surface area contributed by atoms with E-state index in [9.17, 15) is 24.5 Å². The molecule has 0 spiro atoms. The molecule has 36 heavy (non-hydrogen) atoms. The van der Waals surface area contributed by atoms with Crippen LogP contribution in [0, 0.1) is 10.1 Å². The number of carbonyl (C=O) groups excluding carboxylic acids is 3. The molecule has 186 valence electrons. The van der Waals surface area contributed by atoms with Crippen molar-refractivity contribution in [1.29, 1.82) is 0 Å². The van der Waals surface area contributed by atoms with Gasteiger partial charge in [0.25, 0.3) is 23.4 Å². The molecular weight excluding hydrogens is 468 g/mol. The minimum atomic E-state index is -0.650. The van der Waals surface area contributed by atoms with Crippen molar-refractivity contribution in [1.82, 2.24) is 10.9 Å². The number of benzene rings is 3. The van der Waals surface area contributed by atoms with Crippen LogP contribution in [0.1, 0.15) is 44.9 Å². The molecule has 0 atom stereocenters. The molecule has 0 aliphatic carbocycles. The van der Waals surface area contributed by atoms with Crippen LogP contribution in [-0.4, -0.2) is 35.9 Å². The average Bonchev–Trinajstić information content (AvgIpc) is 2.88. The molecule has 3 amide bonds. The molecule has 0 aromatic heterocycles. The van der Waals surface area contributed by atoms with Crippen LogP contribution in [0.5, 0.6) is 11.5 Å². The lowest BCUT2D eigenvalue weighted by Gasteiger charge is -2.13. The second kappa shape index (κ2) is 12.0. The van der Waals surface area contributed by atoms with Crippen LogP contribution in [0.3, 0.4) is 0 Å². The van der Waals surface area contributed by atoms with Crippen LogP contribution >= 0.6 is 0 Å². The molecule has 0 saturated heterocycles. The van der Waals surface area contributed by atoms with Crippen LogP contribution in [0.2, 0.25) is 0 Å². The zero-order valence-corrected chi connectivity index (χ0v) is 19.6. The van der Waals surface area contributed by atoms with E-state index in [0.29, 0.717) is 36.0 Å². The Kier molecular flexibility index (Phi) is 8.54. The molecule has 0 bridgehead atoms. The van der Waals surface area contributed by atoms with E-state index in [1.54, 1.807) is 30.3 Å². The summed E-state index contributed by atoms with van der Waals surface area (Å²) in [5.41, 5.74) is 5.37. The zero-order chi connectivity index (χ0) is 26.1. The second-order valence-corrected chi connectivity index (χ2v) is 7.27. The molecule has 0 fully saturated rings. The highest BCUT2D eigenvalue weighted by Gasteiger charge is 2.14. The van der Waals surface area contributed by atoms with Gasteiger partial charge < -0.3 is 14.8 Å². The SMILES string of the molecule is CCOc1ccc(C(=O)Nc2cccc(C(=O)NNC(=O)c3ccc([N+](=O)[O-])cc3)c2)cc1OCC. The average molecular weight is 492 g/mol. The molecule has 0 aliphatic rings. The smallest absolute Gasteiger partial charge is 0.269 e. The van der Waals surface area contributed by atoms with Gasteiger partial charge in [0.05, 0.1) is 18.1 Å². The summed E-state index contributed by atoms with van der Waals surface area (Å²) in [4.78, 5) is 47.6. The number of non-ortho nitro benzene ring substituents is 1. The van der Waals surface area contributed by atoms with Crippen LogP contribution < -0.4 is 25.6 Å². The number of carbonyl (C=O) groups is 3. The van der Waals surface area contributed by atoms with Gasteiger partial charge in [-0.3, -0.25) is 35.3 Å². The number of nitrogens with zero attached hydrogens (tertiary/aromatic N) is 1. The van der Waals surface area contributed by atoms with Gasteiger partial charge in [-0.1, -0.05) is 6.07 Å². The summed E-state index contributed by atoms with van der Waals surface area (Å²) in [6, 6.07) is 15.9. The molecule has 3 aromatic rings. The first-order chi connectivity index (χ1) is 17.3. The van der Waals surface area contributed by atoms with E-state index in [0.717, 1.165) is 0 Å². The fourth-order valence-electron chi connectivity index (χ4n) is 3.13. The molecule has 0 heterocycles. The third-order valence-corrected chi connectivity index (χ3v) is 4.82. The molecule has 11 nitrogen and oxygen atoms in total. The molecule has 0 unspecified atom stereocenters. The largest absolute Gasteiger partial charge is 0.490 e. The lowest BCUT2D eigenvalue weighted by atomic mass is 10.1. The van der Waals surface area contributed by atoms with Gasteiger partial charge in [0.15, 0.2) is 11.5 Å². The predicted molar refractivity (Wildman–Crippen MR) is 131 cm³/mol. The highest BCUT2D eigenvalue weighted by atomic mass is 16.6. The van der Waals surface area contributed by atoms with Crippen molar-refractivity contribution in [2.75, 3.05) is 18.5 Å². The number of nitro groups is 1. The summed E-state index contributed by atoms with van der Waals surface area (Å²) < 4.78 is 11.1. The van der Waals surface area contributed by atoms with E-state index in [1.165, 1.54) is 36.4 Å². The Bertz CT molecular complexity index is 1280. The van der Waals surface area contributed by atoms with Crippen LogP contribution in [0.15, 0.2) is 66.7 Å². The Hall–Kier alpha value is -4.93. The number of hydrazine groups is 1. The van der Waals surface area contributed by atoms with E-state index < -0.39 is 22.6 Å². The number of hydrogen-bond acceptors (Lipinski definition) is 7. The van der Waals surface area contributed by atoms with Gasteiger partial charge in [-0.25, -0.2) is 0 Å². The van der Waals surface area contributed by atoms with Crippen molar-refractivity contribution >= 4 is 29.1 Å². The molecule has 3 N–H and O–H groups in total. The van der Waals surface area contributed by atoms with E-state index >= 15 is 0 Å². The Labute approximate surface area is 206 Å². The maximum Gasteiger partial charge on any atom is 0.269 e. The Balaban J connectivity index is 1.63. The minimum Gasteiger partial charge on any atom is -0.490 e. The second-order valence-electron chi connectivity index (χ2n) is 7.27. The van der Waals surface area contributed by atoms with Crippen LogP contribution in [0.4, 0.5) is 11.4 Å². The molecular formula is C25H24N4O7. The first-order valence-corrected chi connectivity index (χ1v) is 11.0. The number of nitrogens with one attached hydrogen (secondary N) is 3. The summed E-state index contributed by atoms with van der Waals surface area (Å²) in [5.74, 6) is -0.707. The third-order valence-electron chi connectivity index (χ3n) is 4.82. The number of ether oxygens (including phenoxy) is 2. The van der Waals surface area contributed by atoms with Crippen molar-refractivity contribution in [3.63, 3.8) is 0 Å². The molecule has 0 saturated carbocycles. The number of anilines is 1. The summed E-state index contributed by atoms with van der Waals surface area (Å²) in [6.07, 6.45) is 0. The summed E-state index contributed by atoms with van der Waals surface area (Å²) >= 11 is 0. The van der Waals surface area contributed by atoms with Gasteiger partial charge in [0.2, 0.25) is 0 Å². The molecule has 11 heteroatoms. The summed E-state index contributed by atoms with van der Waals surface area (Å²) in [7, 11) is 0. The third kappa shape index (κ3) is 6.56. The minimum absolute atomic E-state index is 0.128. The molecule has 3 aromatic carbocycles. The molecule has 0 radical (unpaired) electrons. The number of hydrogen-bond donors (Lipinski definition) is 3. The summed E-state index contributed by atoms with van der Waals surface area (Å²) in [5, 5.41) is 13.4. The van der Waals surface area contributed by atoms with Crippen molar-refractivity contribution in [2.45, 2.75) is 13.8 Å². The summed E-state index contributed by atoms with van der Waals surface area (Å²) in [6.45, 7) is 4.53. The van der Waals surface area contributed by atoms with Gasteiger partial charge in [0.1, 0.15) is 0 Å².